The van der Waals surface area contributed by atoms with Crippen molar-refractivity contribution in [3.05, 3.63) is 35.7 Å². The molecule has 2 aromatic heterocycles. The van der Waals surface area contributed by atoms with Crippen LogP contribution in [-0.2, 0) is 16.0 Å². The molecule has 0 radical (unpaired) electrons. The topological polar surface area (TPSA) is 124 Å². The molecule has 0 unspecified atom stereocenters. The number of alkyl halides is 3. The van der Waals surface area contributed by atoms with Crippen LogP contribution in [0.1, 0.15) is 63.5 Å². The lowest BCUT2D eigenvalue weighted by molar-refractivity contribution is -0.137. The lowest BCUT2D eigenvalue weighted by Crippen LogP contribution is -2.50. The highest BCUT2D eigenvalue weighted by atomic mass is 32.2. The number of benzene rings is 1. The number of rotatable bonds is 5. The molecule has 0 spiro atoms. The summed E-state index contributed by atoms with van der Waals surface area (Å²) in [6.07, 6.45) is 1.54. The summed E-state index contributed by atoms with van der Waals surface area (Å²) in [6, 6.07) is 4.70. The van der Waals surface area contributed by atoms with Crippen molar-refractivity contribution >= 4 is 26.7 Å². The van der Waals surface area contributed by atoms with Gasteiger partial charge in [0.15, 0.2) is 9.84 Å². The number of aromatic amines is 1. The third-order valence-corrected chi connectivity index (χ3v) is 9.92. The molecule has 3 aromatic rings. The molecule has 12 heteroatoms. The molecule has 1 atom stereocenters. The van der Waals surface area contributed by atoms with Crippen molar-refractivity contribution < 1.29 is 21.6 Å². The molecule has 3 N–H and O–H groups in total. The van der Waals surface area contributed by atoms with Crippen LogP contribution in [0.2, 0.25) is 0 Å². The zero-order valence-corrected chi connectivity index (χ0v) is 21.9. The minimum absolute atomic E-state index is 0.0206. The zero-order chi connectivity index (χ0) is 27.3. The molecular formula is C26H29F3N6O2S. The third-order valence-electron chi connectivity index (χ3n) is 7.58. The van der Waals surface area contributed by atoms with Crippen LogP contribution < -0.4 is 10.6 Å². The van der Waals surface area contributed by atoms with Gasteiger partial charge >= 0.3 is 6.18 Å². The van der Waals surface area contributed by atoms with Gasteiger partial charge in [0.05, 0.1) is 22.0 Å². The minimum atomic E-state index is -4.74. The van der Waals surface area contributed by atoms with Gasteiger partial charge in [0.25, 0.3) is 0 Å². The van der Waals surface area contributed by atoms with E-state index in [2.05, 4.69) is 39.4 Å². The fraction of sp³-hybridized carbons (Fsp3) is 0.500. The van der Waals surface area contributed by atoms with Crippen molar-refractivity contribution in [1.82, 2.24) is 20.3 Å². The second-order valence-corrected chi connectivity index (χ2v) is 12.9. The molecular weight excluding hydrogens is 517 g/mol. The predicted octanol–water partition coefficient (Wildman–Crippen LogP) is 5.17. The number of hydrogen-bond donors (Lipinski definition) is 3. The van der Waals surface area contributed by atoms with Crippen LogP contribution in [0.5, 0.6) is 0 Å². The van der Waals surface area contributed by atoms with Crippen molar-refractivity contribution in [1.29, 1.82) is 5.26 Å². The summed E-state index contributed by atoms with van der Waals surface area (Å²) in [7, 11) is -3.88. The minimum Gasteiger partial charge on any atom is -0.359 e. The molecule has 2 aliphatic rings. The Labute approximate surface area is 219 Å². The van der Waals surface area contributed by atoms with E-state index in [1.54, 1.807) is 0 Å². The normalized spacial score (nSPS) is 20.5. The lowest BCUT2D eigenvalue weighted by atomic mass is 9.91. The molecule has 8 nitrogen and oxygen atoms in total. The Morgan fingerprint density at radius 3 is 2.55 bits per heavy atom. The van der Waals surface area contributed by atoms with Crippen LogP contribution in [-0.4, -0.2) is 46.7 Å². The first-order chi connectivity index (χ1) is 17.9. The summed E-state index contributed by atoms with van der Waals surface area (Å²) >= 11 is 0. The van der Waals surface area contributed by atoms with Crippen molar-refractivity contribution in [3.63, 3.8) is 0 Å². The van der Waals surface area contributed by atoms with Crippen molar-refractivity contribution in [3.8, 4) is 17.3 Å². The summed E-state index contributed by atoms with van der Waals surface area (Å²) in [4.78, 5) is 10.9. The SMILES string of the molecule is CC1(C)CC[C@H](Nc2ncc(C(F)(F)F)c(-c3c[nH]c4c(S(=O)(=O)C5CCCC5)c(C#N)ccc34)n2)CN1. The largest absolute Gasteiger partial charge is 0.419 e. The number of anilines is 1. The molecule has 1 saturated heterocycles. The number of nitrogens with one attached hydrogen (secondary N) is 3. The fourth-order valence-electron chi connectivity index (χ4n) is 5.41. The van der Waals surface area contributed by atoms with Crippen molar-refractivity contribution in [2.45, 2.75) is 80.3 Å². The molecule has 1 aromatic carbocycles. The molecule has 38 heavy (non-hydrogen) atoms. The Kier molecular flexibility index (Phi) is 6.64. The first-order valence-electron chi connectivity index (χ1n) is 12.6. The van der Waals surface area contributed by atoms with Crippen LogP contribution in [0.15, 0.2) is 29.4 Å². The van der Waals surface area contributed by atoms with Crippen LogP contribution in [0.25, 0.3) is 22.2 Å². The summed E-state index contributed by atoms with van der Waals surface area (Å²) in [5.74, 6) is 0.0568. The Morgan fingerprint density at radius 1 is 1.18 bits per heavy atom. The quantitative estimate of drug-likeness (QED) is 0.403. The molecule has 5 rings (SSSR count). The number of sulfone groups is 1. The number of nitrogens with zero attached hydrogens (tertiary/aromatic N) is 3. The van der Waals surface area contributed by atoms with Gasteiger partial charge in [-0.3, -0.25) is 0 Å². The zero-order valence-electron chi connectivity index (χ0n) is 21.1. The van der Waals surface area contributed by atoms with Gasteiger partial charge in [0.2, 0.25) is 5.95 Å². The van der Waals surface area contributed by atoms with Gasteiger partial charge in [0, 0.05) is 41.5 Å². The first kappa shape index (κ1) is 26.4. The summed E-state index contributed by atoms with van der Waals surface area (Å²) in [5, 5.41) is 15.8. The van der Waals surface area contributed by atoms with E-state index in [1.165, 1.54) is 18.3 Å². The molecule has 1 aliphatic carbocycles. The molecule has 0 bridgehead atoms. The number of H-pyrrole nitrogens is 1. The smallest absolute Gasteiger partial charge is 0.359 e. The van der Waals surface area contributed by atoms with Gasteiger partial charge in [0.1, 0.15) is 16.5 Å². The number of nitriles is 1. The summed E-state index contributed by atoms with van der Waals surface area (Å²) in [6.45, 7) is 4.79. The van der Waals surface area contributed by atoms with Gasteiger partial charge in [-0.15, -0.1) is 0 Å². The molecule has 1 saturated carbocycles. The second kappa shape index (κ2) is 9.54. The number of piperidine rings is 1. The van der Waals surface area contributed by atoms with Gasteiger partial charge in [-0.1, -0.05) is 18.9 Å². The number of hydrogen-bond acceptors (Lipinski definition) is 7. The van der Waals surface area contributed by atoms with E-state index in [4.69, 9.17) is 0 Å². The molecule has 202 valence electrons. The summed E-state index contributed by atoms with van der Waals surface area (Å²) in [5.41, 5.74) is -1.24. The standard InChI is InChI=1S/C26H29F3N6O2S/c1-25(2)10-9-16(12-33-25)34-24-32-14-20(26(27,28)29)21(35-24)19-13-31-22-18(19)8-7-15(11-30)23(22)38(36,37)17-5-3-4-6-17/h7-8,13-14,16-17,31,33H,3-6,9-10,12H2,1-2H3,(H,32,34,35)/t16-/m0/s1. The number of halogens is 3. The maximum absolute atomic E-state index is 14.0. The van der Waals surface area contributed by atoms with Gasteiger partial charge in [-0.25, -0.2) is 18.4 Å². The Bertz CT molecular complexity index is 1510. The van der Waals surface area contributed by atoms with Crippen LogP contribution in [0.4, 0.5) is 19.1 Å². The Balaban J connectivity index is 1.61. The highest BCUT2D eigenvalue weighted by Crippen LogP contribution is 2.41. The van der Waals surface area contributed by atoms with E-state index in [9.17, 15) is 26.9 Å². The maximum atomic E-state index is 14.0. The van der Waals surface area contributed by atoms with E-state index in [0.29, 0.717) is 19.4 Å². The molecule has 2 fully saturated rings. The maximum Gasteiger partial charge on any atom is 0.419 e. The third kappa shape index (κ3) is 4.85. The first-order valence-corrected chi connectivity index (χ1v) is 14.2. The van der Waals surface area contributed by atoms with Crippen molar-refractivity contribution in [2.24, 2.45) is 0 Å². The highest BCUT2D eigenvalue weighted by molar-refractivity contribution is 7.92. The van der Waals surface area contributed by atoms with Crippen LogP contribution in [0.3, 0.4) is 0 Å². The highest BCUT2D eigenvalue weighted by Gasteiger charge is 2.38. The van der Waals surface area contributed by atoms with Crippen LogP contribution in [0, 0.1) is 11.3 Å². The fourth-order valence-corrected chi connectivity index (χ4v) is 7.57. The number of aromatic nitrogens is 3. The van der Waals surface area contributed by atoms with Crippen LogP contribution >= 0.6 is 0 Å². The van der Waals surface area contributed by atoms with Gasteiger partial charge < -0.3 is 15.6 Å². The average Bonchev–Trinajstić information content (AvgIpc) is 3.55. The predicted molar refractivity (Wildman–Crippen MR) is 137 cm³/mol. The summed E-state index contributed by atoms with van der Waals surface area (Å²) < 4.78 is 69.2. The second-order valence-electron chi connectivity index (χ2n) is 10.7. The van der Waals surface area contributed by atoms with E-state index in [0.717, 1.165) is 31.9 Å². The molecule has 1 aliphatic heterocycles. The van der Waals surface area contributed by atoms with E-state index in [1.807, 2.05) is 6.07 Å². The average molecular weight is 547 g/mol. The van der Waals surface area contributed by atoms with Gasteiger partial charge in [-0.2, -0.15) is 18.4 Å². The molecule has 3 heterocycles. The van der Waals surface area contributed by atoms with E-state index >= 15 is 0 Å². The molecule has 0 amide bonds. The van der Waals surface area contributed by atoms with Gasteiger partial charge in [-0.05, 0) is 45.6 Å². The lowest BCUT2D eigenvalue weighted by Gasteiger charge is -2.36. The Morgan fingerprint density at radius 2 is 1.92 bits per heavy atom. The Hall–Kier alpha value is -3.17. The number of fused-ring (bicyclic) bond motifs is 1. The van der Waals surface area contributed by atoms with E-state index < -0.39 is 26.8 Å². The van der Waals surface area contributed by atoms with Crippen molar-refractivity contribution in [2.75, 3.05) is 11.9 Å². The monoisotopic (exact) mass is 546 g/mol. The van der Waals surface area contributed by atoms with E-state index in [-0.39, 0.29) is 50.1 Å².